The Balaban J connectivity index is 1.50. The van der Waals surface area contributed by atoms with E-state index in [1.807, 2.05) is 0 Å². The van der Waals surface area contributed by atoms with Gasteiger partial charge in [0.1, 0.15) is 11.6 Å². The fourth-order valence-electron chi connectivity index (χ4n) is 4.25. The topological polar surface area (TPSA) is 129 Å². The van der Waals surface area contributed by atoms with Gasteiger partial charge in [0.2, 0.25) is 5.95 Å². The van der Waals surface area contributed by atoms with Gasteiger partial charge in [-0.15, -0.1) is 0 Å². The van der Waals surface area contributed by atoms with Gasteiger partial charge in [-0.1, -0.05) is 13.8 Å². The molecular weight excluding hydrogens is 524 g/mol. The molecular formula is C29H34N8O4. The normalized spacial score (nSPS) is 10.9. The van der Waals surface area contributed by atoms with E-state index >= 15 is 0 Å². The predicted octanol–water partition coefficient (Wildman–Crippen LogP) is 4.64. The maximum absolute atomic E-state index is 12.8. The van der Waals surface area contributed by atoms with Crippen LogP contribution in [0.2, 0.25) is 0 Å². The van der Waals surface area contributed by atoms with Crippen LogP contribution in [0, 0.1) is 0 Å². The number of nitrogens with one attached hydrogen (secondary N) is 1. The predicted molar refractivity (Wildman–Crippen MR) is 157 cm³/mol. The first-order valence-corrected chi connectivity index (χ1v) is 13.2. The average Bonchev–Trinajstić information content (AvgIpc) is 3.53. The Kier molecular flexibility index (Phi) is 9.48. The number of anilines is 4. The fourth-order valence-corrected chi connectivity index (χ4v) is 4.25. The molecule has 4 rings (SSSR count). The van der Waals surface area contributed by atoms with Gasteiger partial charge in [0.15, 0.2) is 0 Å². The summed E-state index contributed by atoms with van der Waals surface area (Å²) in [6, 6.07) is 15.3. The number of carbonyl (C=O) groups excluding carboxylic acids is 1. The summed E-state index contributed by atoms with van der Waals surface area (Å²) in [5.41, 5.74) is 2.21. The molecule has 4 aromatic rings. The van der Waals surface area contributed by atoms with Crippen molar-refractivity contribution in [1.82, 2.24) is 29.5 Å². The first-order valence-electron chi connectivity index (χ1n) is 13.2. The monoisotopic (exact) mass is 558 g/mol. The average molecular weight is 559 g/mol. The zero-order valence-electron chi connectivity index (χ0n) is 23.6. The summed E-state index contributed by atoms with van der Waals surface area (Å²) in [6.07, 6.45) is 3.65. The molecule has 0 fully saturated rings. The molecule has 0 bridgehead atoms. The third-order valence-electron chi connectivity index (χ3n) is 6.62. The van der Waals surface area contributed by atoms with Crippen LogP contribution in [0.5, 0.6) is 5.75 Å². The highest BCUT2D eigenvalue weighted by Crippen LogP contribution is 2.35. The Morgan fingerprint density at radius 1 is 1.02 bits per heavy atom. The van der Waals surface area contributed by atoms with Gasteiger partial charge in [-0.25, -0.2) is 19.4 Å². The van der Waals surface area contributed by atoms with Crippen molar-refractivity contribution < 1.29 is 19.4 Å². The third-order valence-corrected chi connectivity index (χ3v) is 6.62. The Bertz CT molecular complexity index is 1460. The zero-order valence-corrected chi connectivity index (χ0v) is 23.6. The van der Waals surface area contributed by atoms with Crippen molar-refractivity contribution in [1.29, 1.82) is 0 Å². The van der Waals surface area contributed by atoms with E-state index in [1.54, 1.807) is 77.6 Å². The molecule has 12 nitrogen and oxygen atoms in total. The maximum atomic E-state index is 12.8. The second-order valence-electron chi connectivity index (χ2n) is 9.12. The van der Waals surface area contributed by atoms with Crippen molar-refractivity contribution in [2.75, 3.05) is 50.6 Å². The van der Waals surface area contributed by atoms with Crippen LogP contribution < -0.4 is 15.0 Å². The lowest BCUT2D eigenvalue weighted by molar-refractivity contribution is 0.0779. The Morgan fingerprint density at radius 2 is 1.78 bits per heavy atom. The van der Waals surface area contributed by atoms with Crippen LogP contribution in [0.1, 0.15) is 24.2 Å². The van der Waals surface area contributed by atoms with E-state index in [-0.39, 0.29) is 23.4 Å². The maximum Gasteiger partial charge on any atom is 0.417 e. The highest BCUT2D eigenvalue weighted by molar-refractivity contribution is 5.96. The highest BCUT2D eigenvalue weighted by atomic mass is 16.5. The van der Waals surface area contributed by atoms with Gasteiger partial charge < -0.3 is 25.0 Å². The molecule has 2 aromatic heterocycles. The minimum atomic E-state index is -1.24. The number of benzene rings is 2. The van der Waals surface area contributed by atoms with E-state index < -0.39 is 6.09 Å². The number of aromatic nitrogens is 4. The molecule has 2 heterocycles. The van der Waals surface area contributed by atoms with Gasteiger partial charge in [-0.05, 0) is 55.6 Å². The molecule has 0 saturated carbocycles. The third kappa shape index (κ3) is 6.97. The van der Waals surface area contributed by atoms with Crippen LogP contribution in [-0.2, 0) is 0 Å². The van der Waals surface area contributed by atoms with Gasteiger partial charge in [-0.2, -0.15) is 10.1 Å². The van der Waals surface area contributed by atoms with E-state index in [0.717, 1.165) is 24.5 Å². The molecule has 214 valence electrons. The molecule has 0 aliphatic carbocycles. The van der Waals surface area contributed by atoms with E-state index in [2.05, 4.69) is 39.1 Å². The number of hydrogen-bond donors (Lipinski definition) is 2. The van der Waals surface area contributed by atoms with E-state index in [0.29, 0.717) is 29.2 Å². The number of nitrogens with zero attached hydrogens (tertiary/aromatic N) is 7. The highest BCUT2D eigenvalue weighted by Gasteiger charge is 2.23. The van der Waals surface area contributed by atoms with Crippen LogP contribution in [-0.4, -0.2) is 87.0 Å². The van der Waals surface area contributed by atoms with Crippen molar-refractivity contribution in [2.45, 2.75) is 13.8 Å². The minimum Gasteiger partial charge on any atom is -0.494 e. The Labute approximate surface area is 238 Å². The van der Waals surface area contributed by atoms with Crippen molar-refractivity contribution >= 4 is 35.1 Å². The smallest absolute Gasteiger partial charge is 0.417 e. The number of amides is 2. The lowest BCUT2D eigenvalue weighted by Gasteiger charge is -2.23. The molecule has 2 N–H and O–H groups in total. The number of hydrogen-bond acceptors (Lipinski definition) is 8. The first kappa shape index (κ1) is 29.0. The molecule has 0 radical (unpaired) electrons. The summed E-state index contributed by atoms with van der Waals surface area (Å²) in [5, 5.41) is 17.4. The van der Waals surface area contributed by atoms with Crippen LogP contribution in [0.25, 0.3) is 5.69 Å². The molecule has 0 atom stereocenters. The largest absolute Gasteiger partial charge is 0.494 e. The molecule has 41 heavy (non-hydrogen) atoms. The number of rotatable bonds is 12. The molecule has 2 amide bonds. The summed E-state index contributed by atoms with van der Waals surface area (Å²) in [6.45, 7) is 7.55. The molecule has 0 aliphatic rings. The first-order chi connectivity index (χ1) is 19.8. The molecule has 0 unspecified atom stereocenters. The number of carbonyl (C=O) groups is 2. The summed E-state index contributed by atoms with van der Waals surface area (Å²) < 4.78 is 7.16. The van der Waals surface area contributed by atoms with Crippen LogP contribution >= 0.6 is 0 Å². The van der Waals surface area contributed by atoms with E-state index in [1.165, 1.54) is 19.4 Å². The van der Waals surface area contributed by atoms with Gasteiger partial charge in [0.05, 0.1) is 18.5 Å². The van der Waals surface area contributed by atoms with Crippen LogP contribution in [0.15, 0.2) is 73.2 Å². The Hall–Kier alpha value is -4.97. The van der Waals surface area contributed by atoms with Gasteiger partial charge in [-0.3, -0.25) is 4.79 Å². The second kappa shape index (κ2) is 13.4. The number of methoxy groups -OCH3 is 1. The van der Waals surface area contributed by atoms with E-state index in [9.17, 15) is 14.7 Å². The second-order valence-corrected chi connectivity index (χ2v) is 9.12. The number of likely N-dealkylation sites (N-methyl/N-ethyl adjacent to an activating group) is 2. The lowest BCUT2D eigenvalue weighted by atomic mass is 10.2. The summed E-state index contributed by atoms with van der Waals surface area (Å²) in [5.74, 6) is 0.584. The quantitative estimate of drug-likeness (QED) is 0.255. The Morgan fingerprint density at radius 3 is 2.41 bits per heavy atom. The SMILES string of the molecule is CCN(CC)CCN(C)C(=O)c1ccc(Nc2nccc(N(C(=O)O)c3ccc(-n4cccn4)cc3OC)n2)cc1. The number of carboxylic acid groups (broad SMARTS) is 1. The van der Waals surface area contributed by atoms with Crippen LogP contribution in [0.4, 0.5) is 27.9 Å². The summed E-state index contributed by atoms with van der Waals surface area (Å²) in [4.78, 5) is 38.9. The zero-order chi connectivity index (χ0) is 29.4. The van der Waals surface area contributed by atoms with Gasteiger partial charge in [0.25, 0.3) is 5.91 Å². The molecule has 2 aromatic carbocycles. The number of ether oxygens (including phenoxy) is 1. The molecule has 12 heteroatoms. The molecule has 0 spiro atoms. The van der Waals surface area contributed by atoms with Gasteiger partial charge in [0, 0.05) is 62.1 Å². The standard InChI is InChI=1S/C29H34N8O4/c1-5-35(6-2)19-18-34(3)27(38)21-8-10-22(11-9-21)32-28-30-16-14-26(33-28)37(29(39)40)24-13-12-23(20-25(24)41-4)36-17-7-15-31-36/h7-17,20H,5-6,18-19H2,1-4H3,(H,39,40)(H,30,32,33). The van der Waals surface area contributed by atoms with Crippen LogP contribution in [0.3, 0.4) is 0 Å². The molecule has 0 aliphatic heterocycles. The van der Waals surface area contributed by atoms with Crippen molar-refractivity contribution in [3.8, 4) is 11.4 Å². The van der Waals surface area contributed by atoms with Crippen molar-refractivity contribution in [3.63, 3.8) is 0 Å². The van der Waals surface area contributed by atoms with Crippen molar-refractivity contribution in [3.05, 3.63) is 78.8 Å². The van der Waals surface area contributed by atoms with Gasteiger partial charge >= 0.3 is 6.09 Å². The van der Waals surface area contributed by atoms with E-state index in [4.69, 9.17) is 4.74 Å². The lowest BCUT2D eigenvalue weighted by Crippen LogP contribution is -2.36. The molecule has 0 saturated heterocycles. The van der Waals surface area contributed by atoms with Crippen molar-refractivity contribution in [2.24, 2.45) is 0 Å². The fraction of sp³-hybridized carbons (Fsp3) is 0.276. The summed E-state index contributed by atoms with van der Waals surface area (Å²) >= 11 is 0. The summed E-state index contributed by atoms with van der Waals surface area (Å²) in [7, 11) is 3.27. The minimum absolute atomic E-state index is 0.0634.